The Morgan fingerprint density at radius 2 is 1.79 bits per heavy atom. The van der Waals surface area contributed by atoms with Crippen molar-refractivity contribution >= 4 is 34.7 Å². The minimum Gasteiger partial charge on any atom is -0.494 e. The number of fused-ring (bicyclic) bond motifs is 1. The summed E-state index contributed by atoms with van der Waals surface area (Å²) in [6.45, 7) is 5.70. The predicted octanol–water partition coefficient (Wildman–Crippen LogP) is 2.72. The van der Waals surface area contributed by atoms with Gasteiger partial charge in [-0.3, -0.25) is 19.4 Å². The van der Waals surface area contributed by atoms with Gasteiger partial charge in [0, 0.05) is 6.92 Å². The molecular weight excluding hydrogens is 370 g/mol. The molecule has 2 heterocycles. The number of rotatable bonds is 5. The lowest BCUT2D eigenvalue weighted by Gasteiger charge is -2.22. The second-order valence-electron chi connectivity index (χ2n) is 7.09. The molecule has 2 atom stereocenters. The maximum Gasteiger partial charge on any atom is 0.259 e. The number of amides is 2. The van der Waals surface area contributed by atoms with Crippen LogP contribution in [0.1, 0.15) is 19.4 Å². The van der Waals surface area contributed by atoms with Crippen molar-refractivity contribution in [1.29, 1.82) is 0 Å². The summed E-state index contributed by atoms with van der Waals surface area (Å²) in [5.41, 5.74) is 2.23. The van der Waals surface area contributed by atoms with E-state index in [1.807, 2.05) is 38.1 Å². The van der Waals surface area contributed by atoms with E-state index in [2.05, 4.69) is 5.10 Å². The molecule has 7 heteroatoms. The van der Waals surface area contributed by atoms with Crippen molar-refractivity contribution in [2.24, 2.45) is 11.0 Å². The summed E-state index contributed by atoms with van der Waals surface area (Å²) in [5, 5.41) is 5.87. The Hall–Kier alpha value is -3.48. The Balaban J connectivity index is 1.74. The number of hydrogen-bond acceptors (Lipinski definition) is 6. The number of anilines is 2. The predicted molar refractivity (Wildman–Crippen MR) is 109 cm³/mol. The van der Waals surface area contributed by atoms with Gasteiger partial charge in [-0.1, -0.05) is 12.1 Å². The number of ether oxygens (including phenoxy) is 1. The molecule has 1 saturated heterocycles. The first-order valence-corrected chi connectivity index (χ1v) is 9.48. The highest BCUT2D eigenvalue weighted by Crippen LogP contribution is 2.38. The number of carbonyl (C=O) groups excluding carboxylic acids is 3. The third-order valence-corrected chi connectivity index (χ3v) is 5.08. The van der Waals surface area contributed by atoms with Crippen LogP contribution in [0.4, 0.5) is 11.4 Å². The number of imide groups is 1. The van der Waals surface area contributed by atoms with Gasteiger partial charge in [0.15, 0.2) is 5.78 Å². The minimum absolute atomic E-state index is 0.114. The molecule has 0 radical (unpaired) electrons. The smallest absolute Gasteiger partial charge is 0.259 e. The van der Waals surface area contributed by atoms with Crippen LogP contribution in [0.25, 0.3) is 0 Å². The molecule has 2 amide bonds. The van der Waals surface area contributed by atoms with Gasteiger partial charge >= 0.3 is 0 Å². The van der Waals surface area contributed by atoms with Crippen LogP contribution < -0.4 is 14.6 Å². The van der Waals surface area contributed by atoms with Gasteiger partial charge in [0.05, 0.1) is 18.0 Å². The van der Waals surface area contributed by atoms with E-state index in [-0.39, 0.29) is 11.5 Å². The Morgan fingerprint density at radius 3 is 2.41 bits per heavy atom. The lowest BCUT2D eigenvalue weighted by Crippen LogP contribution is -2.39. The van der Waals surface area contributed by atoms with E-state index in [1.165, 1.54) is 11.9 Å². The van der Waals surface area contributed by atoms with Crippen molar-refractivity contribution in [3.63, 3.8) is 0 Å². The monoisotopic (exact) mass is 391 g/mol. The highest BCUT2D eigenvalue weighted by atomic mass is 16.5. The highest BCUT2D eigenvalue weighted by molar-refractivity contribution is 6.48. The molecule has 2 aliphatic heterocycles. The lowest BCUT2D eigenvalue weighted by atomic mass is 9.95. The van der Waals surface area contributed by atoms with E-state index in [4.69, 9.17) is 4.74 Å². The van der Waals surface area contributed by atoms with Crippen molar-refractivity contribution in [3.8, 4) is 5.75 Å². The fourth-order valence-electron chi connectivity index (χ4n) is 3.80. The van der Waals surface area contributed by atoms with Crippen molar-refractivity contribution < 1.29 is 19.1 Å². The first-order chi connectivity index (χ1) is 13.9. The second kappa shape index (κ2) is 7.16. The summed E-state index contributed by atoms with van der Waals surface area (Å²) in [4.78, 5) is 39.8. The summed E-state index contributed by atoms with van der Waals surface area (Å²) in [6, 6.07) is 13.4. The number of carbonyl (C=O) groups is 3. The summed E-state index contributed by atoms with van der Waals surface area (Å²) in [7, 11) is 0. The van der Waals surface area contributed by atoms with Gasteiger partial charge in [-0.15, -0.1) is 0 Å². The summed E-state index contributed by atoms with van der Waals surface area (Å²) >= 11 is 0. The second-order valence-corrected chi connectivity index (χ2v) is 7.09. The number of ketones is 1. The van der Waals surface area contributed by atoms with Crippen LogP contribution in [0.2, 0.25) is 0 Å². The first kappa shape index (κ1) is 18.9. The number of hydrazone groups is 1. The first-order valence-electron chi connectivity index (χ1n) is 9.48. The summed E-state index contributed by atoms with van der Waals surface area (Å²) < 4.78 is 5.43. The molecule has 29 heavy (non-hydrogen) atoms. The molecule has 4 rings (SSSR count). The van der Waals surface area contributed by atoms with Gasteiger partial charge in [-0.05, 0) is 55.8 Å². The molecule has 0 aromatic heterocycles. The van der Waals surface area contributed by atoms with Crippen molar-refractivity contribution in [2.75, 3.05) is 16.5 Å². The van der Waals surface area contributed by atoms with Gasteiger partial charge in [0.1, 0.15) is 23.4 Å². The Kier molecular flexibility index (Phi) is 4.66. The third kappa shape index (κ3) is 3.08. The Morgan fingerprint density at radius 1 is 1.07 bits per heavy atom. The average molecular weight is 391 g/mol. The molecule has 2 aromatic rings. The quantitative estimate of drug-likeness (QED) is 0.733. The SMILES string of the molecule is CCOc1ccc(N2C(=O)[C@H]3C(C(C)=O)=NN(c4cccc(C)c4)[C@@H]3C2=O)cc1. The normalized spacial score (nSPS) is 20.7. The van der Waals surface area contributed by atoms with Crippen LogP contribution in [-0.2, 0) is 14.4 Å². The zero-order valence-corrected chi connectivity index (χ0v) is 16.5. The van der Waals surface area contributed by atoms with E-state index in [0.29, 0.717) is 23.7 Å². The number of Topliss-reactive ketones (excluding diaryl/α,β-unsaturated/α-hetero) is 1. The van der Waals surface area contributed by atoms with Crippen molar-refractivity contribution in [1.82, 2.24) is 0 Å². The van der Waals surface area contributed by atoms with Crippen LogP contribution >= 0.6 is 0 Å². The summed E-state index contributed by atoms with van der Waals surface area (Å²) in [5.74, 6) is -1.40. The van der Waals surface area contributed by atoms with E-state index in [0.717, 1.165) is 10.5 Å². The van der Waals surface area contributed by atoms with Crippen molar-refractivity contribution in [3.05, 3.63) is 54.1 Å². The van der Waals surface area contributed by atoms with Crippen LogP contribution in [0.5, 0.6) is 5.75 Å². The fraction of sp³-hybridized carbons (Fsp3) is 0.273. The van der Waals surface area contributed by atoms with Gasteiger partial charge < -0.3 is 4.74 Å². The fourth-order valence-corrected chi connectivity index (χ4v) is 3.80. The number of benzene rings is 2. The van der Waals surface area contributed by atoms with E-state index >= 15 is 0 Å². The zero-order valence-electron chi connectivity index (χ0n) is 16.5. The molecule has 0 unspecified atom stereocenters. The van der Waals surface area contributed by atoms with Crippen LogP contribution in [-0.4, -0.2) is 36.0 Å². The summed E-state index contributed by atoms with van der Waals surface area (Å²) in [6.07, 6.45) is 0. The topological polar surface area (TPSA) is 79.3 Å². The van der Waals surface area contributed by atoms with E-state index in [9.17, 15) is 14.4 Å². The van der Waals surface area contributed by atoms with E-state index in [1.54, 1.807) is 24.3 Å². The number of aryl methyl sites for hydroxylation is 1. The van der Waals surface area contributed by atoms with Gasteiger partial charge in [-0.2, -0.15) is 5.10 Å². The third-order valence-electron chi connectivity index (χ3n) is 5.08. The molecule has 2 aromatic carbocycles. The number of nitrogens with zero attached hydrogens (tertiary/aromatic N) is 3. The van der Waals surface area contributed by atoms with Gasteiger partial charge in [-0.25, -0.2) is 4.90 Å². The molecule has 0 N–H and O–H groups in total. The molecule has 148 valence electrons. The average Bonchev–Trinajstić information content (AvgIpc) is 3.21. The van der Waals surface area contributed by atoms with Gasteiger partial charge in [0.2, 0.25) is 5.91 Å². The lowest BCUT2D eigenvalue weighted by molar-refractivity contribution is -0.122. The Labute approximate surface area is 168 Å². The molecule has 0 spiro atoms. The Bertz CT molecular complexity index is 1030. The maximum absolute atomic E-state index is 13.3. The molecular formula is C22H21N3O4. The van der Waals surface area contributed by atoms with E-state index < -0.39 is 23.8 Å². The minimum atomic E-state index is -0.910. The molecule has 0 aliphatic carbocycles. The standard InChI is InChI=1S/C22H21N3O4/c1-4-29-17-10-8-15(9-11-17)24-21(27)18-19(14(3)26)23-25(20(18)22(24)28)16-7-5-6-13(2)12-16/h5-12,18,20H,4H2,1-3H3/t18-,20-/m0/s1. The molecule has 0 bridgehead atoms. The highest BCUT2D eigenvalue weighted by Gasteiger charge is 2.58. The largest absolute Gasteiger partial charge is 0.494 e. The maximum atomic E-state index is 13.3. The van der Waals surface area contributed by atoms with Gasteiger partial charge in [0.25, 0.3) is 5.91 Å². The van der Waals surface area contributed by atoms with Crippen LogP contribution in [0, 0.1) is 12.8 Å². The van der Waals surface area contributed by atoms with Crippen molar-refractivity contribution in [2.45, 2.75) is 26.8 Å². The molecule has 7 nitrogen and oxygen atoms in total. The molecule has 2 aliphatic rings. The zero-order chi connectivity index (χ0) is 20.7. The van der Waals surface area contributed by atoms with Crippen LogP contribution in [0.15, 0.2) is 53.6 Å². The molecule has 0 saturated carbocycles. The molecule has 1 fully saturated rings. The van der Waals surface area contributed by atoms with Crippen LogP contribution in [0.3, 0.4) is 0 Å². The number of hydrogen-bond donors (Lipinski definition) is 0.